The van der Waals surface area contributed by atoms with Gasteiger partial charge in [0.05, 0.1) is 18.9 Å². The normalized spacial score (nSPS) is 14.2. The van der Waals surface area contributed by atoms with Crippen LogP contribution in [0.25, 0.3) is 0 Å². The summed E-state index contributed by atoms with van der Waals surface area (Å²) in [7, 11) is 0. The van der Waals surface area contributed by atoms with Crippen molar-refractivity contribution in [1.82, 2.24) is 16.0 Å². The maximum absolute atomic E-state index is 12.7. The molecule has 0 saturated heterocycles. The highest BCUT2D eigenvalue weighted by Gasteiger charge is 2.32. The number of amides is 6. The van der Waals surface area contributed by atoms with Crippen molar-refractivity contribution < 1.29 is 38.7 Å². The zero-order valence-corrected chi connectivity index (χ0v) is 19.0. The number of nitrogens with one attached hydrogen (secondary N) is 3. The highest BCUT2D eigenvalue weighted by molar-refractivity contribution is 5.97. The third kappa shape index (κ3) is 12.3. The lowest BCUT2D eigenvalue weighted by Gasteiger charge is -2.24. The van der Waals surface area contributed by atoms with Crippen LogP contribution in [0, 0.1) is 5.92 Å². The molecule has 15 nitrogen and oxygen atoms in total. The van der Waals surface area contributed by atoms with Gasteiger partial charge < -0.3 is 44.0 Å². The summed E-state index contributed by atoms with van der Waals surface area (Å²) >= 11 is 0. The van der Waals surface area contributed by atoms with Gasteiger partial charge in [0.2, 0.25) is 35.4 Å². The molecule has 0 spiro atoms. The fraction of sp³-hybridized carbons (Fsp3) is 0.632. The summed E-state index contributed by atoms with van der Waals surface area (Å²) in [4.78, 5) is 82.6. The molecule has 15 heteroatoms. The number of carboxylic acids is 1. The summed E-state index contributed by atoms with van der Waals surface area (Å²) in [5.74, 6) is -7.11. The van der Waals surface area contributed by atoms with E-state index >= 15 is 0 Å². The Hall–Kier alpha value is -3.75. The first-order valence-corrected chi connectivity index (χ1v) is 10.4. The summed E-state index contributed by atoms with van der Waals surface area (Å²) in [6.07, 6.45) is -1.79. The number of nitrogens with two attached hydrogens (primary N) is 4. The Morgan fingerprint density at radius 2 is 1.12 bits per heavy atom. The predicted octanol–water partition coefficient (Wildman–Crippen LogP) is -4.08. The lowest BCUT2D eigenvalue weighted by Crippen LogP contribution is -2.58. The largest absolute Gasteiger partial charge is 0.480 e. The third-order valence-electron chi connectivity index (χ3n) is 4.43. The van der Waals surface area contributed by atoms with Crippen LogP contribution in [-0.4, -0.2) is 70.7 Å². The van der Waals surface area contributed by atoms with E-state index in [0.717, 1.165) is 0 Å². The van der Waals surface area contributed by atoms with Gasteiger partial charge in [-0.05, 0) is 18.8 Å². The van der Waals surface area contributed by atoms with Crippen LogP contribution in [0.5, 0.6) is 0 Å². The predicted molar refractivity (Wildman–Crippen MR) is 117 cm³/mol. The molecule has 0 aliphatic rings. The number of hydrogen-bond donors (Lipinski definition) is 8. The second kappa shape index (κ2) is 14.4. The number of carboxylic acid groups (broad SMARTS) is 1. The quantitative estimate of drug-likeness (QED) is 0.105. The van der Waals surface area contributed by atoms with Crippen molar-refractivity contribution in [2.45, 2.75) is 70.1 Å². The Kier molecular flexibility index (Phi) is 12.8. The van der Waals surface area contributed by atoms with Crippen LogP contribution in [0.4, 0.5) is 0 Å². The van der Waals surface area contributed by atoms with Crippen LogP contribution in [-0.2, 0) is 33.6 Å². The first-order chi connectivity index (χ1) is 15.6. The number of carbonyl (C=O) groups is 7. The molecule has 0 radical (unpaired) electrons. The van der Waals surface area contributed by atoms with Gasteiger partial charge in [-0.25, -0.2) is 4.79 Å². The minimum atomic E-state index is -1.66. The number of hydrogen-bond acceptors (Lipinski definition) is 8. The molecule has 34 heavy (non-hydrogen) atoms. The zero-order chi connectivity index (χ0) is 26.6. The Balaban J connectivity index is 5.54. The maximum atomic E-state index is 12.7. The average Bonchev–Trinajstić information content (AvgIpc) is 2.68. The molecule has 0 bridgehead atoms. The van der Waals surface area contributed by atoms with Crippen LogP contribution < -0.4 is 38.9 Å². The van der Waals surface area contributed by atoms with Crippen molar-refractivity contribution in [2.75, 3.05) is 0 Å². The highest BCUT2D eigenvalue weighted by atomic mass is 16.4. The molecule has 6 amide bonds. The van der Waals surface area contributed by atoms with E-state index in [9.17, 15) is 38.7 Å². The van der Waals surface area contributed by atoms with E-state index in [1.54, 1.807) is 0 Å². The van der Waals surface area contributed by atoms with Gasteiger partial charge in [-0.15, -0.1) is 0 Å². The van der Waals surface area contributed by atoms with Crippen LogP contribution in [0.15, 0.2) is 0 Å². The molecule has 0 fully saturated rings. The number of rotatable bonds is 16. The Morgan fingerprint density at radius 1 is 0.706 bits per heavy atom. The molecule has 4 atom stereocenters. The van der Waals surface area contributed by atoms with Crippen LogP contribution >= 0.6 is 0 Å². The molecule has 0 heterocycles. The van der Waals surface area contributed by atoms with Gasteiger partial charge in [0.1, 0.15) is 18.1 Å². The topological polar surface area (TPSA) is 280 Å². The highest BCUT2D eigenvalue weighted by Crippen LogP contribution is 2.05. The van der Waals surface area contributed by atoms with Crippen molar-refractivity contribution >= 4 is 41.4 Å². The standard InChI is InChI=1S/C19H33N7O8/c1-8(2)5-9(20)16(30)25-11(6-14(22)28)18(32)26-12(7-15(23)29)17(31)24-10(19(33)34)3-4-13(21)27/h8-12H,3-7,20H2,1-2H3,(H2,21,27)(H2,22,28)(H2,23,29)(H,24,31)(H,25,30)(H,26,32)(H,33,34). The van der Waals surface area contributed by atoms with Gasteiger partial charge in [-0.1, -0.05) is 13.8 Å². The molecule has 0 saturated carbocycles. The summed E-state index contributed by atoms with van der Waals surface area (Å²) in [6.45, 7) is 3.64. The molecule has 0 aromatic heterocycles. The maximum Gasteiger partial charge on any atom is 0.326 e. The first-order valence-electron chi connectivity index (χ1n) is 10.4. The lowest BCUT2D eigenvalue weighted by molar-refractivity contribution is -0.143. The van der Waals surface area contributed by atoms with Crippen molar-refractivity contribution in [3.05, 3.63) is 0 Å². The summed E-state index contributed by atoms with van der Waals surface area (Å²) in [6, 6.07) is -5.73. The van der Waals surface area contributed by atoms with E-state index in [0.29, 0.717) is 0 Å². The van der Waals surface area contributed by atoms with Crippen molar-refractivity contribution in [3.8, 4) is 0 Å². The molecule has 0 rings (SSSR count). The SMILES string of the molecule is CC(C)CC(N)C(=O)NC(CC(N)=O)C(=O)NC(CC(N)=O)C(=O)NC(CCC(N)=O)C(=O)O. The van der Waals surface area contributed by atoms with Crippen molar-refractivity contribution in [3.63, 3.8) is 0 Å². The van der Waals surface area contributed by atoms with E-state index in [4.69, 9.17) is 22.9 Å². The second-order valence-corrected chi connectivity index (χ2v) is 8.10. The van der Waals surface area contributed by atoms with Gasteiger partial charge in [-0.2, -0.15) is 0 Å². The molecule has 12 N–H and O–H groups in total. The van der Waals surface area contributed by atoms with Gasteiger partial charge in [0, 0.05) is 6.42 Å². The van der Waals surface area contributed by atoms with Gasteiger partial charge in [-0.3, -0.25) is 28.8 Å². The van der Waals surface area contributed by atoms with E-state index in [2.05, 4.69) is 16.0 Å². The average molecular weight is 488 g/mol. The third-order valence-corrected chi connectivity index (χ3v) is 4.43. The zero-order valence-electron chi connectivity index (χ0n) is 19.0. The van der Waals surface area contributed by atoms with E-state index in [-0.39, 0.29) is 25.2 Å². The number of carbonyl (C=O) groups excluding carboxylic acids is 6. The van der Waals surface area contributed by atoms with Gasteiger partial charge in [0.15, 0.2) is 0 Å². The molecule has 0 aromatic carbocycles. The molecule has 192 valence electrons. The molecule has 4 unspecified atom stereocenters. The van der Waals surface area contributed by atoms with E-state index in [1.165, 1.54) is 0 Å². The summed E-state index contributed by atoms with van der Waals surface area (Å²) in [5.41, 5.74) is 21.0. The van der Waals surface area contributed by atoms with Gasteiger partial charge >= 0.3 is 5.97 Å². The summed E-state index contributed by atoms with van der Waals surface area (Å²) < 4.78 is 0. The Morgan fingerprint density at radius 3 is 1.47 bits per heavy atom. The van der Waals surface area contributed by atoms with Crippen molar-refractivity contribution in [2.24, 2.45) is 28.9 Å². The Bertz CT molecular complexity index is 802. The minimum absolute atomic E-state index is 0.0598. The number of aliphatic carboxylic acids is 1. The molecular weight excluding hydrogens is 454 g/mol. The number of primary amides is 3. The Labute approximate surface area is 195 Å². The van der Waals surface area contributed by atoms with Gasteiger partial charge in [0.25, 0.3) is 0 Å². The van der Waals surface area contributed by atoms with Crippen LogP contribution in [0.1, 0.15) is 46.0 Å². The van der Waals surface area contributed by atoms with Crippen molar-refractivity contribution in [1.29, 1.82) is 0 Å². The molecule has 0 aliphatic carbocycles. The lowest BCUT2D eigenvalue weighted by atomic mass is 10.0. The monoisotopic (exact) mass is 487 g/mol. The van der Waals surface area contributed by atoms with Crippen LogP contribution in [0.2, 0.25) is 0 Å². The molecular formula is C19H33N7O8. The molecule has 0 aromatic rings. The molecule has 0 aliphatic heterocycles. The second-order valence-electron chi connectivity index (χ2n) is 8.10. The first kappa shape index (κ1) is 30.2. The minimum Gasteiger partial charge on any atom is -0.480 e. The van der Waals surface area contributed by atoms with E-state index in [1.807, 2.05) is 13.8 Å². The van der Waals surface area contributed by atoms with E-state index < -0.39 is 78.4 Å². The summed E-state index contributed by atoms with van der Waals surface area (Å²) in [5, 5.41) is 15.7. The fourth-order valence-corrected chi connectivity index (χ4v) is 2.80. The fourth-order valence-electron chi connectivity index (χ4n) is 2.80. The van der Waals surface area contributed by atoms with Crippen LogP contribution in [0.3, 0.4) is 0 Å². The smallest absolute Gasteiger partial charge is 0.326 e.